The van der Waals surface area contributed by atoms with Crippen LogP contribution in [-0.4, -0.2) is 77.1 Å². The summed E-state index contributed by atoms with van der Waals surface area (Å²) in [5.74, 6) is 1.03. The van der Waals surface area contributed by atoms with E-state index in [1.54, 1.807) is 4.90 Å². The molecule has 2 saturated heterocycles. The fraction of sp³-hybridized carbons (Fsp3) is 0.938. The molecular formula is C16H28N2O4. The van der Waals surface area contributed by atoms with Crippen LogP contribution in [0.4, 0.5) is 4.79 Å². The van der Waals surface area contributed by atoms with E-state index in [4.69, 9.17) is 4.74 Å². The van der Waals surface area contributed by atoms with E-state index in [1.807, 2.05) is 6.92 Å². The number of aliphatic hydroxyl groups is 2. The summed E-state index contributed by atoms with van der Waals surface area (Å²) in [4.78, 5) is 16.1. The monoisotopic (exact) mass is 312 g/mol. The topological polar surface area (TPSA) is 73.2 Å². The van der Waals surface area contributed by atoms with Gasteiger partial charge in [-0.05, 0) is 44.4 Å². The third-order valence-corrected chi connectivity index (χ3v) is 5.64. The Balaban J connectivity index is 1.50. The van der Waals surface area contributed by atoms with Crippen molar-refractivity contribution in [2.75, 3.05) is 32.8 Å². The second-order valence-electron chi connectivity index (χ2n) is 7.00. The van der Waals surface area contributed by atoms with E-state index in [1.165, 1.54) is 0 Å². The number of hydrogen-bond donors (Lipinski definition) is 2. The number of likely N-dealkylation sites (tertiary alicyclic amines) is 2. The quantitative estimate of drug-likeness (QED) is 0.784. The molecule has 6 nitrogen and oxygen atoms in total. The highest BCUT2D eigenvalue weighted by molar-refractivity contribution is 5.67. The number of fused-ring (bicyclic) bond motifs is 1. The maximum absolute atomic E-state index is 11.7. The molecule has 126 valence electrons. The van der Waals surface area contributed by atoms with Gasteiger partial charge in [-0.3, -0.25) is 4.90 Å². The highest BCUT2D eigenvalue weighted by Gasteiger charge is 2.43. The van der Waals surface area contributed by atoms with Gasteiger partial charge in [-0.15, -0.1) is 0 Å². The lowest BCUT2D eigenvalue weighted by Crippen LogP contribution is -2.46. The van der Waals surface area contributed by atoms with Crippen molar-refractivity contribution < 1.29 is 19.7 Å². The molecule has 3 aliphatic rings. The lowest BCUT2D eigenvalue weighted by Gasteiger charge is -2.36. The van der Waals surface area contributed by atoms with Crippen molar-refractivity contribution in [3.05, 3.63) is 0 Å². The van der Waals surface area contributed by atoms with Gasteiger partial charge in [0.1, 0.15) is 0 Å². The number of ether oxygens (including phenoxy) is 1. The SMILES string of the molecule is CCOC(=O)N1CCC(N2C[C@H]3C[C@H](O)[C@@H](O)C[C@H]3C2)CC1. The normalized spacial score (nSPS) is 37.1. The number of aliphatic hydroxyl groups excluding tert-OH is 2. The van der Waals surface area contributed by atoms with E-state index in [2.05, 4.69) is 4.90 Å². The zero-order valence-electron chi connectivity index (χ0n) is 13.4. The van der Waals surface area contributed by atoms with E-state index in [-0.39, 0.29) is 6.09 Å². The van der Waals surface area contributed by atoms with Crippen LogP contribution in [0.25, 0.3) is 0 Å². The van der Waals surface area contributed by atoms with Crippen LogP contribution in [0.5, 0.6) is 0 Å². The van der Waals surface area contributed by atoms with E-state index in [0.29, 0.717) is 24.5 Å². The van der Waals surface area contributed by atoms with Crippen LogP contribution in [0, 0.1) is 11.8 Å². The van der Waals surface area contributed by atoms with Crippen LogP contribution in [0.2, 0.25) is 0 Å². The molecule has 2 heterocycles. The Morgan fingerprint density at radius 1 is 1.09 bits per heavy atom. The summed E-state index contributed by atoms with van der Waals surface area (Å²) in [5, 5.41) is 19.7. The van der Waals surface area contributed by atoms with Gasteiger partial charge in [-0.25, -0.2) is 4.79 Å². The van der Waals surface area contributed by atoms with Crippen LogP contribution in [0.3, 0.4) is 0 Å². The molecule has 3 rings (SSSR count). The Bertz CT molecular complexity index is 380. The maximum Gasteiger partial charge on any atom is 0.409 e. The molecular weight excluding hydrogens is 284 g/mol. The fourth-order valence-corrected chi connectivity index (χ4v) is 4.37. The summed E-state index contributed by atoms with van der Waals surface area (Å²) in [6.07, 6.45) is 2.14. The summed E-state index contributed by atoms with van der Waals surface area (Å²) in [6.45, 7) is 5.84. The van der Waals surface area contributed by atoms with Gasteiger partial charge in [0.25, 0.3) is 0 Å². The van der Waals surface area contributed by atoms with Gasteiger partial charge in [0.05, 0.1) is 18.8 Å². The zero-order valence-corrected chi connectivity index (χ0v) is 13.4. The molecule has 0 spiro atoms. The van der Waals surface area contributed by atoms with Crippen molar-refractivity contribution in [2.24, 2.45) is 11.8 Å². The van der Waals surface area contributed by atoms with E-state index in [9.17, 15) is 15.0 Å². The van der Waals surface area contributed by atoms with Crippen molar-refractivity contribution >= 4 is 6.09 Å². The lowest BCUT2D eigenvalue weighted by molar-refractivity contribution is -0.0372. The van der Waals surface area contributed by atoms with E-state index in [0.717, 1.165) is 51.9 Å². The predicted octanol–water partition coefficient (Wildman–Crippen LogP) is 0.671. The Kier molecular flexibility index (Phi) is 4.90. The highest BCUT2D eigenvalue weighted by atomic mass is 16.6. The highest BCUT2D eigenvalue weighted by Crippen LogP contribution is 2.38. The number of piperidine rings is 1. The molecule has 4 atom stereocenters. The molecule has 2 aliphatic heterocycles. The number of nitrogens with zero attached hydrogens (tertiary/aromatic N) is 2. The second kappa shape index (κ2) is 6.72. The van der Waals surface area contributed by atoms with Crippen LogP contribution >= 0.6 is 0 Å². The minimum absolute atomic E-state index is 0.192. The smallest absolute Gasteiger partial charge is 0.409 e. The average Bonchev–Trinajstić information content (AvgIpc) is 2.91. The molecule has 0 aromatic heterocycles. The average molecular weight is 312 g/mol. The minimum Gasteiger partial charge on any atom is -0.450 e. The number of amides is 1. The van der Waals surface area contributed by atoms with Crippen LogP contribution in [0.1, 0.15) is 32.6 Å². The maximum atomic E-state index is 11.7. The summed E-state index contributed by atoms with van der Waals surface area (Å²) >= 11 is 0. The third kappa shape index (κ3) is 3.24. The van der Waals surface area contributed by atoms with Crippen molar-refractivity contribution in [3.63, 3.8) is 0 Å². The van der Waals surface area contributed by atoms with Crippen molar-refractivity contribution in [1.29, 1.82) is 0 Å². The summed E-state index contributed by atoms with van der Waals surface area (Å²) < 4.78 is 5.06. The predicted molar refractivity (Wildman–Crippen MR) is 81.4 cm³/mol. The van der Waals surface area contributed by atoms with Crippen LogP contribution in [0.15, 0.2) is 0 Å². The minimum atomic E-state index is -0.549. The molecule has 3 fully saturated rings. The van der Waals surface area contributed by atoms with Gasteiger partial charge in [-0.1, -0.05) is 0 Å². The molecule has 0 aromatic carbocycles. The second-order valence-corrected chi connectivity index (χ2v) is 7.00. The molecule has 1 saturated carbocycles. The molecule has 0 aromatic rings. The molecule has 1 aliphatic carbocycles. The number of rotatable bonds is 2. The van der Waals surface area contributed by atoms with Gasteiger partial charge in [-0.2, -0.15) is 0 Å². The molecule has 6 heteroatoms. The lowest BCUT2D eigenvalue weighted by atomic mass is 9.79. The number of carbonyl (C=O) groups excluding carboxylic acids is 1. The Labute approximate surface area is 132 Å². The molecule has 22 heavy (non-hydrogen) atoms. The number of hydrogen-bond acceptors (Lipinski definition) is 5. The number of carbonyl (C=O) groups is 1. The third-order valence-electron chi connectivity index (χ3n) is 5.64. The first-order valence-electron chi connectivity index (χ1n) is 8.60. The van der Waals surface area contributed by atoms with Crippen LogP contribution in [-0.2, 0) is 4.74 Å². The molecule has 1 amide bonds. The van der Waals surface area contributed by atoms with E-state index < -0.39 is 12.2 Å². The Hall–Kier alpha value is -0.850. The first-order valence-corrected chi connectivity index (χ1v) is 8.60. The molecule has 0 unspecified atom stereocenters. The summed E-state index contributed by atoms with van der Waals surface area (Å²) in [6, 6.07) is 0.519. The van der Waals surface area contributed by atoms with Crippen molar-refractivity contribution in [1.82, 2.24) is 9.80 Å². The first-order chi connectivity index (χ1) is 10.6. The Morgan fingerprint density at radius 3 is 2.14 bits per heavy atom. The van der Waals surface area contributed by atoms with Gasteiger partial charge in [0.15, 0.2) is 0 Å². The van der Waals surface area contributed by atoms with Crippen LogP contribution < -0.4 is 0 Å². The standard InChI is InChI=1S/C16H28N2O4/c1-2-22-16(21)17-5-3-13(4-6-17)18-9-11-7-14(19)15(20)8-12(11)10-18/h11-15,19-20H,2-10H2,1H3/t11-,12+,14-,15-/m0/s1. The largest absolute Gasteiger partial charge is 0.450 e. The molecule has 0 bridgehead atoms. The van der Waals surface area contributed by atoms with Gasteiger partial charge >= 0.3 is 6.09 Å². The zero-order chi connectivity index (χ0) is 15.7. The van der Waals surface area contributed by atoms with Crippen molar-refractivity contribution in [3.8, 4) is 0 Å². The first kappa shape index (κ1) is 16.0. The van der Waals surface area contributed by atoms with Gasteiger partial charge in [0, 0.05) is 32.2 Å². The fourth-order valence-electron chi connectivity index (χ4n) is 4.37. The Morgan fingerprint density at radius 2 is 1.64 bits per heavy atom. The summed E-state index contributed by atoms with van der Waals surface area (Å²) in [7, 11) is 0. The molecule has 0 radical (unpaired) electrons. The van der Waals surface area contributed by atoms with E-state index >= 15 is 0 Å². The molecule has 2 N–H and O–H groups in total. The van der Waals surface area contributed by atoms with Crippen molar-refractivity contribution in [2.45, 2.75) is 50.9 Å². The van der Waals surface area contributed by atoms with Gasteiger partial charge < -0.3 is 19.8 Å². The summed E-state index contributed by atoms with van der Waals surface area (Å²) in [5.41, 5.74) is 0. The van der Waals surface area contributed by atoms with Gasteiger partial charge in [0.2, 0.25) is 0 Å².